The van der Waals surface area contributed by atoms with Crippen molar-refractivity contribution in [3.63, 3.8) is 0 Å². The maximum absolute atomic E-state index is 13.4. The van der Waals surface area contributed by atoms with Crippen LogP contribution in [-0.2, 0) is 21.2 Å². The monoisotopic (exact) mass is 500 g/mol. The molecule has 0 aliphatic rings. The van der Waals surface area contributed by atoms with Crippen LogP contribution in [0.1, 0.15) is 11.1 Å². The zero-order valence-electron chi connectivity index (χ0n) is 18.0. The number of halogens is 1. The summed E-state index contributed by atoms with van der Waals surface area (Å²) in [5, 5.41) is 0.836. The first-order valence-corrected chi connectivity index (χ1v) is 12.9. The van der Waals surface area contributed by atoms with Crippen LogP contribution in [0.25, 0.3) is 10.2 Å². The topological polar surface area (TPSA) is 76.6 Å². The van der Waals surface area contributed by atoms with Crippen molar-refractivity contribution in [3.8, 4) is 5.75 Å². The third kappa shape index (κ3) is 5.03. The Bertz CT molecular complexity index is 1400. The molecule has 9 heteroatoms. The lowest BCUT2D eigenvalue weighted by Gasteiger charge is -2.20. The highest BCUT2D eigenvalue weighted by molar-refractivity contribution is 7.92. The van der Waals surface area contributed by atoms with E-state index in [4.69, 9.17) is 16.3 Å². The lowest BCUT2D eigenvalue weighted by atomic mass is 10.2. The van der Waals surface area contributed by atoms with Gasteiger partial charge in [-0.05, 0) is 48.4 Å². The molecule has 0 saturated heterocycles. The number of benzene rings is 3. The van der Waals surface area contributed by atoms with Gasteiger partial charge >= 0.3 is 0 Å². The first-order valence-electron chi connectivity index (χ1n) is 10.1. The number of sulfone groups is 1. The van der Waals surface area contributed by atoms with E-state index in [-0.39, 0.29) is 11.4 Å². The van der Waals surface area contributed by atoms with E-state index >= 15 is 0 Å². The summed E-state index contributed by atoms with van der Waals surface area (Å²) in [4.78, 5) is 19.5. The fraction of sp³-hybridized carbons (Fsp3) is 0.167. The molecule has 4 rings (SSSR count). The molecule has 0 spiro atoms. The first-order chi connectivity index (χ1) is 15.8. The molecule has 1 amide bonds. The molecular formula is C24H21ClN2O4S2. The molecule has 0 aliphatic carbocycles. The molecule has 0 N–H and O–H groups in total. The van der Waals surface area contributed by atoms with E-state index in [1.54, 1.807) is 7.11 Å². The molecule has 170 valence electrons. The number of methoxy groups -OCH3 is 1. The van der Waals surface area contributed by atoms with E-state index in [1.807, 2.05) is 49.4 Å². The Labute approximate surface area is 201 Å². The highest BCUT2D eigenvalue weighted by Gasteiger charge is 2.27. The Morgan fingerprint density at radius 2 is 1.76 bits per heavy atom. The number of aryl methyl sites for hydroxylation is 1. The van der Waals surface area contributed by atoms with Gasteiger partial charge in [0.15, 0.2) is 15.0 Å². The van der Waals surface area contributed by atoms with Crippen LogP contribution in [0.15, 0.2) is 71.6 Å². The summed E-state index contributed by atoms with van der Waals surface area (Å²) in [6.07, 6.45) is 0. The Morgan fingerprint density at radius 1 is 1.06 bits per heavy atom. The number of aromatic nitrogens is 1. The number of hydrogen-bond donors (Lipinski definition) is 0. The van der Waals surface area contributed by atoms with Gasteiger partial charge in [-0.15, -0.1) is 0 Å². The van der Waals surface area contributed by atoms with Crippen molar-refractivity contribution >= 4 is 54.0 Å². The minimum absolute atomic E-state index is 0.0433. The van der Waals surface area contributed by atoms with Crippen molar-refractivity contribution in [3.05, 3.63) is 82.9 Å². The van der Waals surface area contributed by atoms with Gasteiger partial charge in [-0.2, -0.15) is 0 Å². The van der Waals surface area contributed by atoms with Gasteiger partial charge in [0.25, 0.3) is 0 Å². The van der Waals surface area contributed by atoms with Crippen LogP contribution in [0.5, 0.6) is 5.75 Å². The number of nitrogens with zero attached hydrogens (tertiary/aromatic N) is 2. The molecule has 0 radical (unpaired) electrons. The average Bonchev–Trinajstić information content (AvgIpc) is 3.24. The SMILES string of the molecule is COc1ccc(C)c2sc(N(Cc3ccccc3)C(=O)CS(=O)(=O)c3ccc(Cl)cc3)nc12. The Hall–Kier alpha value is -2.94. The molecule has 0 atom stereocenters. The number of ether oxygens (including phenoxy) is 1. The van der Waals surface area contributed by atoms with Gasteiger partial charge in [-0.25, -0.2) is 13.4 Å². The number of anilines is 1. The van der Waals surface area contributed by atoms with Crippen LogP contribution in [-0.4, -0.2) is 32.2 Å². The fourth-order valence-corrected chi connectivity index (χ4v) is 5.77. The van der Waals surface area contributed by atoms with Crippen LogP contribution < -0.4 is 9.64 Å². The van der Waals surface area contributed by atoms with Crippen LogP contribution in [0.3, 0.4) is 0 Å². The quantitative estimate of drug-likeness (QED) is 0.345. The molecule has 1 heterocycles. The zero-order valence-corrected chi connectivity index (χ0v) is 20.4. The number of rotatable bonds is 7. The average molecular weight is 501 g/mol. The van der Waals surface area contributed by atoms with Gasteiger partial charge < -0.3 is 4.74 Å². The summed E-state index contributed by atoms with van der Waals surface area (Å²) in [7, 11) is -2.31. The van der Waals surface area contributed by atoms with E-state index in [1.165, 1.54) is 40.5 Å². The molecule has 0 saturated carbocycles. The van der Waals surface area contributed by atoms with Crippen molar-refractivity contribution in [1.82, 2.24) is 4.98 Å². The number of thiazole rings is 1. The standard InChI is InChI=1S/C24H21ClN2O4S2/c1-16-8-13-20(31-2)22-23(16)32-24(26-22)27(14-17-6-4-3-5-7-17)21(28)15-33(29,30)19-11-9-18(25)10-12-19/h3-13H,14-15H2,1-2H3. The maximum atomic E-state index is 13.4. The lowest BCUT2D eigenvalue weighted by Crippen LogP contribution is -2.35. The van der Waals surface area contributed by atoms with Crippen molar-refractivity contribution in [2.75, 3.05) is 17.8 Å². The van der Waals surface area contributed by atoms with Crippen molar-refractivity contribution < 1.29 is 17.9 Å². The molecule has 0 unspecified atom stereocenters. The number of fused-ring (bicyclic) bond motifs is 1. The second-order valence-corrected chi connectivity index (χ2v) is 10.8. The summed E-state index contributed by atoms with van der Waals surface area (Å²) in [5.74, 6) is -0.656. The molecule has 0 bridgehead atoms. The number of carbonyl (C=O) groups excluding carboxylic acids is 1. The van der Waals surface area contributed by atoms with E-state index in [2.05, 4.69) is 4.98 Å². The van der Waals surface area contributed by atoms with Gasteiger partial charge in [-0.1, -0.05) is 59.3 Å². The largest absolute Gasteiger partial charge is 0.494 e. The molecule has 3 aromatic carbocycles. The Kier molecular flexibility index (Phi) is 6.69. The Morgan fingerprint density at radius 3 is 2.42 bits per heavy atom. The van der Waals surface area contributed by atoms with Crippen LogP contribution >= 0.6 is 22.9 Å². The smallest absolute Gasteiger partial charge is 0.244 e. The predicted octanol–water partition coefficient (Wildman–Crippen LogP) is 5.27. The molecule has 0 aliphatic heterocycles. The van der Waals surface area contributed by atoms with E-state index < -0.39 is 21.5 Å². The molecule has 6 nitrogen and oxygen atoms in total. The van der Waals surface area contributed by atoms with Gasteiger partial charge in [-0.3, -0.25) is 9.69 Å². The predicted molar refractivity (Wildman–Crippen MR) is 132 cm³/mol. The summed E-state index contributed by atoms with van der Waals surface area (Å²) >= 11 is 7.21. The summed E-state index contributed by atoms with van der Waals surface area (Å²) in [6.45, 7) is 2.15. The zero-order chi connectivity index (χ0) is 23.6. The summed E-state index contributed by atoms with van der Waals surface area (Å²) in [5.41, 5.74) is 2.50. The van der Waals surface area contributed by atoms with Crippen LogP contribution in [0.2, 0.25) is 5.02 Å². The molecule has 1 aromatic heterocycles. The van der Waals surface area contributed by atoms with Crippen molar-refractivity contribution in [2.45, 2.75) is 18.4 Å². The van der Waals surface area contributed by atoms with Crippen molar-refractivity contribution in [2.24, 2.45) is 0 Å². The summed E-state index contributed by atoms with van der Waals surface area (Å²) < 4.78 is 32.2. The molecular weight excluding hydrogens is 480 g/mol. The highest BCUT2D eigenvalue weighted by atomic mass is 35.5. The van der Waals surface area contributed by atoms with Gasteiger partial charge in [0.1, 0.15) is 17.0 Å². The van der Waals surface area contributed by atoms with Gasteiger partial charge in [0.2, 0.25) is 5.91 Å². The maximum Gasteiger partial charge on any atom is 0.244 e. The van der Waals surface area contributed by atoms with Gasteiger partial charge in [0, 0.05) is 5.02 Å². The minimum Gasteiger partial charge on any atom is -0.494 e. The van der Waals surface area contributed by atoms with Gasteiger partial charge in [0.05, 0.1) is 23.2 Å². The highest BCUT2D eigenvalue weighted by Crippen LogP contribution is 2.37. The number of carbonyl (C=O) groups is 1. The van der Waals surface area contributed by atoms with E-state index in [9.17, 15) is 13.2 Å². The van der Waals surface area contributed by atoms with Crippen molar-refractivity contribution in [1.29, 1.82) is 0 Å². The number of amides is 1. The van der Waals surface area contributed by atoms with E-state index in [0.29, 0.717) is 21.4 Å². The fourth-order valence-electron chi connectivity index (χ4n) is 3.37. The second-order valence-electron chi connectivity index (χ2n) is 7.44. The molecule has 33 heavy (non-hydrogen) atoms. The van der Waals surface area contributed by atoms with Crippen LogP contribution in [0.4, 0.5) is 5.13 Å². The third-order valence-corrected chi connectivity index (χ3v) is 8.20. The normalized spacial score (nSPS) is 11.5. The summed E-state index contributed by atoms with van der Waals surface area (Å²) in [6, 6.07) is 18.9. The molecule has 0 fully saturated rings. The first kappa shape index (κ1) is 23.2. The van der Waals surface area contributed by atoms with E-state index in [0.717, 1.165) is 15.8 Å². The Balaban J connectivity index is 1.74. The molecule has 4 aromatic rings. The minimum atomic E-state index is -3.87. The number of hydrogen-bond acceptors (Lipinski definition) is 6. The lowest BCUT2D eigenvalue weighted by molar-refractivity contribution is -0.116. The van der Waals surface area contributed by atoms with Crippen LogP contribution in [0, 0.1) is 6.92 Å². The third-order valence-electron chi connectivity index (χ3n) is 5.11. The second kappa shape index (κ2) is 9.51.